The van der Waals surface area contributed by atoms with Gasteiger partial charge in [0, 0.05) is 22.4 Å². The lowest BCUT2D eigenvalue weighted by atomic mass is 10.1. The average molecular weight is 378 g/mol. The molecule has 1 aromatic heterocycles. The van der Waals surface area contributed by atoms with Crippen LogP contribution in [-0.4, -0.2) is 23.4 Å². The summed E-state index contributed by atoms with van der Waals surface area (Å²) in [5.74, 6) is 0.0440. The normalized spacial score (nSPS) is 11.2. The summed E-state index contributed by atoms with van der Waals surface area (Å²) >= 11 is 3.47. The first kappa shape index (κ1) is 17.0. The number of amidine groups is 1. The molecule has 2 rings (SSSR count). The van der Waals surface area contributed by atoms with Crippen molar-refractivity contribution in [2.24, 2.45) is 10.9 Å². The second kappa shape index (κ2) is 7.73. The van der Waals surface area contributed by atoms with E-state index in [9.17, 15) is 4.79 Å². The first-order valence-electron chi connectivity index (χ1n) is 6.80. The Balaban J connectivity index is 1.91. The van der Waals surface area contributed by atoms with Gasteiger partial charge in [0.2, 0.25) is 0 Å². The molecule has 0 unspecified atom stereocenters. The quantitative estimate of drug-likeness (QED) is 0.374. The summed E-state index contributed by atoms with van der Waals surface area (Å²) in [5.41, 5.74) is 8.37. The summed E-state index contributed by atoms with van der Waals surface area (Å²) in [6.07, 6.45) is 3.14. The fourth-order valence-electron chi connectivity index (χ4n) is 1.83. The Bertz CT molecular complexity index is 710. The number of rotatable bonds is 5. The lowest BCUT2D eigenvalue weighted by Crippen LogP contribution is -2.18. The van der Waals surface area contributed by atoms with Crippen molar-refractivity contribution in [1.29, 1.82) is 0 Å². The molecule has 0 amide bonds. The molecule has 23 heavy (non-hydrogen) atoms. The molecule has 2 aromatic rings. The van der Waals surface area contributed by atoms with Gasteiger partial charge in [-0.1, -0.05) is 21.1 Å². The molecule has 0 radical (unpaired) electrons. The van der Waals surface area contributed by atoms with Gasteiger partial charge in [-0.25, -0.2) is 4.79 Å². The predicted molar refractivity (Wildman–Crippen MR) is 90.2 cm³/mol. The molecular formula is C16H16BrN3O3. The minimum atomic E-state index is -0.639. The fraction of sp³-hybridized carbons (Fsp3) is 0.188. The van der Waals surface area contributed by atoms with Crippen LogP contribution in [0.5, 0.6) is 5.75 Å². The van der Waals surface area contributed by atoms with Crippen molar-refractivity contribution in [2.75, 3.05) is 6.61 Å². The van der Waals surface area contributed by atoms with Crippen molar-refractivity contribution in [3.05, 3.63) is 57.8 Å². The van der Waals surface area contributed by atoms with Gasteiger partial charge in [-0.3, -0.25) is 4.98 Å². The second-order valence-corrected chi connectivity index (χ2v) is 5.63. The van der Waals surface area contributed by atoms with Crippen LogP contribution in [0.4, 0.5) is 0 Å². The van der Waals surface area contributed by atoms with E-state index in [-0.39, 0.29) is 12.4 Å². The van der Waals surface area contributed by atoms with E-state index in [1.165, 1.54) is 0 Å². The molecule has 1 heterocycles. The number of benzene rings is 1. The first-order valence-corrected chi connectivity index (χ1v) is 7.60. The molecule has 0 fully saturated rings. The number of aromatic nitrogens is 1. The molecular weight excluding hydrogens is 362 g/mol. The van der Waals surface area contributed by atoms with E-state index in [1.807, 2.05) is 26.0 Å². The molecule has 120 valence electrons. The third-order valence-electron chi connectivity index (χ3n) is 2.99. The number of aryl methyl sites for hydroxylation is 2. The van der Waals surface area contributed by atoms with E-state index in [2.05, 4.69) is 26.1 Å². The lowest BCUT2D eigenvalue weighted by Gasteiger charge is -2.09. The van der Waals surface area contributed by atoms with E-state index in [4.69, 9.17) is 15.3 Å². The molecule has 7 heteroatoms. The predicted octanol–water partition coefficient (Wildman–Crippen LogP) is 2.70. The van der Waals surface area contributed by atoms with E-state index < -0.39 is 5.97 Å². The summed E-state index contributed by atoms with van der Waals surface area (Å²) in [6, 6.07) is 6.99. The maximum atomic E-state index is 11.7. The standard InChI is InChI=1S/C16H16BrN3O3/c1-10-7-13(8-11(2)15(10)17)22-9-14(21)23-20-16(18)12-3-5-19-6-4-12/h3-8H,9H2,1-2H3,(H2,18,20). The Morgan fingerprint density at radius 2 is 1.87 bits per heavy atom. The molecule has 0 bridgehead atoms. The Morgan fingerprint density at radius 3 is 2.48 bits per heavy atom. The minimum absolute atomic E-state index is 0.0936. The number of halogens is 1. The van der Waals surface area contributed by atoms with Gasteiger partial charge in [0.1, 0.15) is 5.75 Å². The Hall–Kier alpha value is -2.41. The van der Waals surface area contributed by atoms with E-state index in [0.717, 1.165) is 15.6 Å². The third kappa shape index (κ3) is 4.79. The number of hydrogen-bond donors (Lipinski definition) is 1. The van der Waals surface area contributed by atoms with Gasteiger partial charge in [-0.05, 0) is 49.2 Å². The van der Waals surface area contributed by atoms with Gasteiger partial charge in [-0.15, -0.1) is 0 Å². The Kier molecular flexibility index (Phi) is 5.70. The van der Waals surface area contributed by atoms with Crippen LogP contribution in [0.15, 0.2) is 46.3 Å². The number of pyridine rings is 1. The zero-order chi connectivity index (χ0) is 16.8. The highest BCUT2D eigenvalue weighted by atomic mass is 79.9. The van der Waals surface area contributed by atoms with E-state index in [0.29, 0.717) is 11.3 Å². The second-order valence-electron chi connectivity index (χ2n) is 4.84. The molecule has 0 aliphatic rings. The van der Waals surface area contributed by atoms with Crippen molar-refractivity contribution in [3.8, 4) is 5.75 Å². The van der Waals surface area contributed by atoms with E-state index >= 15 is 0 Å². The number of hydrogen-bond acceptors (Lipinski definition) is 5. The highest BCUT2D eigenvalue weighted by Gasteiger charge is 2.08. The zero-order valence-corrected chi connectivity index (χ0v) is 14.3. The van der Waals surface area contributed by atoms with Crippen LogP contribution in [0.2, 0.25) is 0 Å². The number of carbonyl (C=O) groups is 1. The van der Waals surface area contributed by atoms with Crippen LogP contribution in [0.1, 0.15) is 16.7 Å². The van der Waals surface area contributed by atoms with Crippen LogP contribution in [0.25, 0.3) is 0 Å². The van der Waals surface area contributed by atoms with Gasteiger partial charge >= 0.3 is 5.97 Å². The summed E-state index contributed by atoms with van der Waals surface area (Å²) in [7, 11) is 0. The highest BCUT2D eigenvalue weighted by Crippen LogP contribution is 2.26. The van der Waals surface area contributed by atoms with Crippen molar-refractivity contribution < 1.29 is 14.4 Å². The van der Waals surface area contributed by atoms with Crippen LogP contribution in [0.3, 0.4) is 0 Å². The molecule has 1 aromatic carbocycles. The number of nitrogens with zero attached hydrogens (tertiary/aromatic N) is 2. The minimum Gasteiger partial charge on any atom is -0.482 e. The number of carbonyl (C=O) groups excluding carboxylic acids is 1. The van der Waals surface area contributed by atoms with Gasteiger partial charge in [0.05, 0.1) is 0 Å². The summed E-state index contributed by atoms with van der Waals surface area (Å²) in [6.45, 7) is 3.64. The topological polar surface area (TPSA) is 86.8 Å². The van der Waals surface area contributed by atoms with Gasteiger partial charge in [0.25, 0.3) is 0 Å². The van der Waals surface area contributed by atoms with Gasteiger partial charge in [-0.2, -0.15) is 0 Å². The van der Waals surface area contributed by atoms with Crippen molar-refractivity contribution in [2.45, 2.75) is 13.8 Å². The SMILES string of the molecule is Cc1cc(OCC(=O)ON=C(N)c2ccncc2)cc(C)c1Br. The van der Waals surface area contributed by atoms with Gasteiger partial charge < -0.3 is 15.3 Å². The number of ether oxygens (including phenoxy) is 1. The summed E-state index contributed by atoms with van der Waals surface area (Å²) in [4.78, 5) is 20.3. The van der Waals surface area contributed by atoms with Crippen molar-refractivity contribution in [1.82, 2.24) is 4.98 Å². The molecule has 0 aliphatic carbocycles. The number of nitrogens with two attached hydrogens (primary N) is 1. The molecule has 0 spiro atoms. The van der Waals surface area contributed by atoms with Crippen molar-refractivity contribution >= 4 is 27.7 Å². The van der Waals surface area contributed by atoms with Crippen LogP contribution >= 0.6 is 15.9 Å². The maximum absolute atomic E-state index is 11.7. The van der Waals surface area contributed by atoms with Crippen molar-refractivity contribution in [3.63, 3.8) is 0 Å². The monoisotopic (exact) mass is 377 g/mol. The number of oxime groups is 1. The Morgan fingerprint density at radius 1 is 1.26 bits per heavy atom. The average Bonchev–Trinajstić information content (AvgIpc) is 2.56. The fourth-order valence-corrected chi connectivity index (χ4v) is 2.06. The lowest BCUT2D eigenvalue weighted by molar-refractivity contribution is -0.146. The molecule has 0 atom stereocenters. The molecule has 0 aliphatic heterocycles. The van der Waals surface area contributed by atoms with Crippen LogP contribution < -0.4 is 10.5 Å². The first-order chi connectivity index (χ1) is 11.0. The molecule has 0 saturated heterocycles. The molecule has 0 saturated carbocycles. The van der Waals surface area contributed by atoms with Gasteiger partial charge in [0.15, 0.2) is 12.4 Å². The van der Waals surface area contributed by atoms with E-state index in [1.54, 1.807) is 24.5 Å². The van der Waals surface area contributed by atoms with Crippen LogP contribution in [0, 0.1) is 13.8 Å². The Labute approximate surface area is 142 Å². The largest absolute Gasteiger partial charge is 0.482 e. The summed E-state index contributed by atoms with van der Waals surface area (Å²) in [5, 5.41) is 3.59. The third-order valence-corrected chi connectivity index (χ3v) is 4.24. The molecule has 2 N–H and O–H groups in total. The maximum Gasteiger partial charge on any atom is 0.372 e. The highest BCUT2D eigenvalue weighted by molar-refractivity contribution is 9.10. The van der Waals surface area contributed by atoms with Crippen LogP contribution in [-0.2, 0) is 9.63 Å². The summed E-state index contributed by atoms with van der Waals surface area (Å²) < 4.78 is 6.42. The molecule has 6 nitrogen and oxygen atoms in total. The zero-order valence-electron chi connectivity index (χ0n) is 12.7. The smallest absolute Gasteiger partial charge is 0.372 e.